The molecule has 3 aromatic rings. The minimum absolute atomic E-state index is 0.0528. The third-order valence-corrected chi connectivity index (χ3v) is 5.06. The maximum Gasteiger partial charge on any atom is 0.255 e. The van der Waals surface area contributed by atoms with Crippen molar-refractivity contribution in [1.82, 2.24) is 24.6 Å². The lowest BCUT2D eigenvalue weighted by Gasteiger charge is -2.35. The zero-order chi connectivity index (χ0) is 17.9. The van der Waals surface area contributed by atoms with Crippen molar-refractivity contribution in [3.63, 3.8) is 0 Å². The predicted octanol–water partition coefficient (Wildman–Crippen LogP) is 2.39. The molecule has 7 nitrogen and oxygen atoms in total. The summed E-state index contributed by atoms with van der Waals surface area (Å²) < 4.78 is 2.53. The Morgan fingerprint density at radius 3 is 2.50 bits per heavy atom. The molecule has 1 aliphatic rings. The quantitative estimate of drug-likeness (QED) is 0.660. The van der Waals surface area contributed by atoms with E-state index in [2.05, 4.69) is 35.9 Å². The summed E-state index contributed by atoms with van der Waals surface area (Å²) in [5.74, 6) is 1.63. The van der Waals surface area contributed by atoms with Gasteiger partial charge in [-0.2, -0.15) is 5.10 Å². The van der Waals surface area contributed by atoms with Crippen LogP contribution in [0, 0.1) is 0 Å². The Kier molecular flexibility index (Phi) is 4.66. The summed E-state index contributed by atoms with van der Waals surface area (Å²) >= 11 is 3.46. The molecule has 8 heteroatoms. The topological polar surface area (TPSA) is 67.2 Å². The second-order valence-corrected chi connectivity index (χ2v) is 6.80. The lowest BCUT2D eigenvalue weighted by Crippen LogP contribution is -2.49. The summed E-state index contributed by atoms with van der Waals surface area (Å²) in [6, 6.07) is 11.3. The van der Waals surface area contributed by atoms with Gasteiger partial charge >= 0.3 is 0 Å². The van der Waals surface area contributed by atoms with Crippen LogP contribution in [0.2, 0.25) is 0 Å². The lowest BCUT2D eigenvalue weighted by atomic mass is 10.2. The summed E-state index contributed by atoms with van der Waals surface area (Å²) in [5.41, 5.74) is 0.698. The molecule has 1 saturated heterocycles. The van der Waals surface area contributed by atoms with Gasteiger partial charge in [-0.3, -0.25) is 4.79 Å². The van der Waals surface area contributed by atoms with Crippen molar-refractivity contribution in [3.8, 4) is 5.82 Å². The van der Waals surface area contributed by atoms with Crippen LogP contribution < -0.4 is 4.90 Å². The largest absolute Gasteiger partial charge is 0.353 e. The van der Waals surface area contributed by atoms with E-state index in [-0.39, 0.29) is 5.91 Å². The van der Waals surface area contributed by atoms with Gasteiger partial charge in [-0.05, 0) is 34.1 Å². The van der Waals surface area contributed by atoms with E-state index >= 15 is 0 Å². The first-order chi connectivity index (χ1) is 12.7. The SMILES string of the molecule is O=C(c1ccccc1Br)N1CCN(c2cc(-n3cccn3)ncn2)CC1. The van der Waals surface area contributed by atoms with Crippen LogP contribution in [0.5, 0.6) is 0 Å². The van der Waals surface area contributed by atoms with Crippen molar-refractivity contribution in [2.45, 2.75) is 0 Å². The van der Waals surface area contributed by atoms with Crippen LogP contribution in [-0.2, 0) is 0 Å². The number of anilines is 1. The number of carbonyl (C=O) groups is 1. The summed E-state index contributed by atoms with van der Waals surface area (Å²) in [4.78, 5) is 25.4. The maximum absolute atomic E-state index is 12.7. The molecule has 26 heavy (non-hydrogen) atoms. The molecule has 132 valence electrons. The average Bonchev–Trinajstić information content (AvgIpc) is 3.23. The molecule has 0 bridgehead atoms. The van der Waals surface area contributed by atoms with Gasteiger partial charge in [0.2, 0.25) is 0 Å². The molecular formula is C18H17BrN6O. The first-order valence-corrected chi connectivity index (χ1v) is 9.12. The van der Waals surface area contributed by atoms with E-state index in [1.165, 1.54) is 0 Å². The smallest absolute Gasteiger partial charge is 0.255 e. The Morgan fingerprint density at radius 2 is 1.77 bits per heavy atom. The van der Waals surface area contributed by atoms with Gasteiger partial charge in [-0.25, -0.2) is 14.6 Å². The van der Waals surface area contributed by atoms with Crippen LogP contribution in [0.4, 0.5) is 5.82 Å². The summed E-state index contributed by atoms with van der Waals surface area (Å²) in [6.07, 6.45) is 5.11. The van der Waals surface area contributed by atoms with E-state index in [1.54, 1.807) is 17.2 Å². The van der Waals surface area contributed by atoms with E-state index in [9.17, 15) is 4.79 Å². The van der Waals surface area contributed by atoms with Gasteiger partial charge in [0.15, 0.2) is 5.82 Å². The van der Waals surface area contributed by atoms with E-state index in [4.69, 9.17) is 0 Å². The number of halogens is 1. The van der Waals surface area contributed by atoms with Gasteiger partial charge in [0.05, 0.1) is 5.56 Å². The molecule has 0 aliphatic carbocycles. The molecule has 1 fully saturated rings. The number of piperazine rings is 1. The molecule has 2 aromatic heterocycles. The maximum atomic E-state index is 12.7. The first kappa shape index (κ1) is 16.7. The van der Waals surface area contributed by atoms with Crippen LogP contribution in [0.25, 0.3) is 5.82 Å². The number of rotatable bonds is 3. The van der Waals surface area contributed by atoms with Gasteiger partial charge in [0, 0.05) is 49.1 Å². The molecule has 3 heterocycles. The average molecular weight is 413 g/mol. The molecule has 0 N–H and O–H groups in total. The zero-order valence-corrected chi connectivity index (χ0v) is 15.6. The third-order valence-electron chi connectivity index (χ3n) is 4.37. The van der Waals surface area contributed by atoms with Crippen molar-refractivity contribution >= 4 is 27.7 Å². The highest BCUT2D eigenvalue weighted by atomic mass is 79.9. The minimum Gasteiger partial charge on any atom is -0.353 e. The fraction of sp³-hybridized carbons (Fsp3) is 0.222. The second-order valence-electron chi connectivity index (χ2n) is 5.94. The standard InChI is InChI=1S/C18H17BrN6O/c19-15-5-2-1-4-14(15)18(26)24-10-8-23(9-11-24)16-12-17(21-13-20-16)25-7-3-6-22-25/h1-7,12-13H,8-11H2. The molecule has 0 radical (unpaired) electrons. The molecule has 1 amide bonds. The van der Waals surface area contributed by atoms with Crippen molar-refractivity contribution in [3.05, 3.63) is 65.2 Å². The number of benzene rings is 1. The van der Waals surface area contributed by atoms with Gasteiger partial charge in [-0.1, -0.05) is 12.1 Å². The fourth-order valence-electron chi connectivity index (χ4n) is 2.98. The Hall–Kier alpha value is -2.74. The highest BCUT2D eigenvalue weighted by Crippen LogP contribution is 2.20. The van der Waals surface area contributed by atoms with Gasteiger partial charge in [0.1, 0.15) is 12.1 Å². The number of nitrogens with zero attached hydrogens (tertiary/aromatic N) is 6. The molecule has 0 unspecified atom stereocenters. The minimum atomic E-state index is 0.0528. The molecule has 0 saturated carbocycles. The monoisotopic (exact) mass is 412 g/mol. The fourth-order valence-corrected chi connectivity index (χ4v) is 3.44. The Balaban J connectivity index is 1.45. The van der Waals surface area contributed by atoms with E-state index in [0.717, 1.165) is 29.2 Å². The van der Waals surface area contributed by atoms with Crippen LogP contribution in [0.15, 0.2) is 59.6 Å². The number of amides is 1. The number of hydrogen-bond acceptors (Lipinski definition) is 5. The summed E-state index contributed by atoms with van der Waals surface area (Å²) in [6.45, 7) is 2.76. The molecule has 1 aromatic carbocycles. The normalized spacial score (nSPS) is 14.5. The summed E-state index contributed by atoms with van der Waals surface area (Å²) in [7, 11) is 0. The van der Waals surface area contributed by atoms with Gasteiger partial charge in [-0.15, -0.1) is 0 Å². The van der Waals surface area contributed by atoms with Crippen LogP contribution in [0.3, 0.4) is 0 Å². The van der Waals surface area contributed by atoms with Crippen molar-refractivity contribution in [2.24, 2.45) is 0 Å². The zero-order valence-electron chi connectivity index (χ0n) is 14.0. The van der Waals surface area contributed by atoms with E-state index in [0.29, 0.717) is 18.7 Å². The van der Waals surface area contributed by atoms with Crippen molar-refractivity contribution in [2.75, 3.05) is 31.1 Å². The molecular weight excluding hydrogens is 396 g/mol. The lowest BCUT2D eigenvalue weighted by molar-refractivity contribution is 0.0745. The summed E-state index contributed by atoms with van der Waals surface area (Å²) in [5, 5.41) is 4.20. The van der Waals surface area contributed by atoms with Crippen LogP contribution in [-0.4, -0.2) is 56.7 Å². The first-order valence-electron chi connectivity index (χ1n) is 8.33. The number of hydrogen-bond donors (Lipinski definition) is 0. The van der Waals surface area contributed by atoms with Crippen LogP contribution in [0.1, 0.15) is 10.4 Å². The van der Waals surface area contributed by atoms with Gasteiger partial charge in [0.25, 0.3) is 5.91 Å². The van der Waals surface area contributed by atoms with Gasteiger partial charge < -0.3 is 9.80 Å². The predicted molar refractivity (Wildman–Crippen MR) is 101 cm³/mol. The Bertz CT molecular complexity index is 906. The van der Waals surface area contributed by atoms with E-state index in [1.807, 2.05) is 47.5 Å². The van der Waals surface area contributed by atoms with Crippen molar-refractivity contribution < 1.29 is 4.79 Å². The molecule has 4 rings (SSSR count). The Morgan fingerprint density at radius 1 is 1.00 bits per heavy atom. The van der Waals surface area contributed by atoms with Crippen molar-refractivity contribution in [1.29, 1.82) is 0 Å². The van der Waals surface area contributed by atoms with Crippen LogP contribution >= 0.6 is 15.9 Å². The van der Waals surface area contributed by atoms with E-state index < -0.39 is 0 Å². The molecule has 0 atom stereocenters. The highest BCUT2D eigenvalue weighted by Gasteiger charge is 2.24. The molecule has 1 aliphatic heterocycles. The number of carbonyl (C=O) groups excluding carboxylic acids is 1. The third kappa shape index (κ3) is 3.32. The second kappa shape index (κ2) is 7.25. The molecule has 0 spiro atoms. The Labute approximate surface area is 159 Å². The highest BCUT2D eigenvalue weighted by molar-refractivity contribution is 9.10. The number of aromatic nitrogens is 4.